The van der Waals surface area contributed by atoms with E-state index in [-0.39, 0.29) is 17.0 Å². The molecule has 1 aliphatic heterocycles. The molecule has 1 atom stereocenters. The smallest absolute Gasteiger partial charge is 0.300 e. The second-order valence-electron chi connectivity index (χ2n) is 7.14. The Morgan fingerprint density at radius 2 is 1.66 bits per heavy atom. The average Bonchev–Trinajstić information content (AvgIpc) is 3.07. The first-order valence-electron chi connectivity index (χ1n) is 9.96. The van der Waals surface area contributed by atoms with Crippen molar-refractivity contribution in [2.75, 3.05) is 11.5 Å². The lowest BCUT2D eigenvalue weighted by Crippen LogP contribution is -2.29. The highest BCUT2D eigenvalue weighted by atomic mass is 19.2. The van der Waals surface area contributed by atoms with Crippen molar-refractivity contribution in [2.45, 2.75) is 13.0 Å². The zero-order valence-corrected chi connectivity index (χ0v) is 17.1. The topological polar surface area (TPSA) is 66.8 Å². The molecule has 162 valence electrons. The Hall–Kier alpha value is -4.00. The fourth-order valence-corrected chi connectivity index (χ4v) is 3.72. The molecule has 1 heterocycles. The Bertz CT molecular complexity index is 1210. The molecule has 5 nitrogen and oxygen atoms in total. The summed E-state index contributed by atoms with van der Waals surface area (Å²) < 4.78 is 32.8. The van der Waals surface area contributed by atoms with Gasteiger partial charge in [-0.2, -0.15) is 0 Å². The van der Waals surface area contributed by atoms with Gasteiger partial charge in [0.1, 0.15) is 11.5 Å². The first kappa shape index (κ1) is 21.2. The van der Waals surface area contributed by atoms with Gasteiger partial charge in [0.05, 0.1) is 18.2 Å². The van der Waals surface area contributed by atoms with E-state index in [1.165, 1.54) is 6.07 Å². The van der Waals surface area contributed by atoms with Crippen LogP contribution >= 0.6 is 0 Å². The number of anilines is 1. The standard InChI is InChI=1S/C25H19F2NO4/c1-2-32-18-11-8-16(9-12-18)23(29)21-22(15-6-4-3-5-7-15)28(25(31)24(21)30)17-10-13-19(26)20(27)14-17/h3-14,22,29H,2H2,1H3/b23-21+. The number of aliphatic hydroxyl groups excluding tert-OH is 1. The number of hydrogen-bond acceptors (Lipinski definition) is 4. The lowest BCUT2D eigenvalue weighted by Gasteiger charge is -2.25. The van der Waals surface area contributed by atoms with Gasteiger partial charge in [0.2, 0.25) is 0 Å². The molecule has 3 aromatic carbocycles. The van der Waals surface area contributed by atoms with E-state index < -0.39 is 29.4 Å². The highest BCUT2D eigenvalue weighted by Gasteiger charge is 2.47. The number of carbonyl (C=O) groups excluding carboxylic acids is 2. The minimum atomic E-state index is -1.15. The second kappa shape index (κ2) is 8.63. The quantitative estimate of drug-likeness (QED) is 0.348. The second-order valence-corrected chi connectivity index (χ2v) is 7.14. The molecule has 4 rings (SSSR count). The maximum absolute atomic E-state index is 13.9. The number of rotatable bonds is 5. The van der Waals surface area contributed by atoms with Gasteiger partial charge in [-0.1, -0.05) is 30.3 Å². The van der Waals surface area contributed by atoms with Crippen LogP contribution in [0.2, 0.25) is 0 Å². The van der Waals surface area contributed by atoms with Crippen LogP contribution in [0.1, 0.15) is 24.1 Å². The molecule has 1 fully saturated rings. The fraction of sp³-hybridized carbons (Fsp3) is 0.120. The number of ether oxygens (including phenoxy) is 1. The summed E-state index contributed by atoms with van der Waals surface area (Å²) >= 11 is 0. The summed E-state index contributed by atoms with van der Waals surface area (Å²) in [5.74, 6) is -3.87. The molecule has 1 saturated heterocycles. The maximum atomic E-state index is 13.9. The predicted molar refractivity (Wildman–Crippen MR) is 115 cm³/mol. The summed E-state index contributed by atoms with van der Waals surface area (Å²) in [6, 6.07) is 17.0. The Morgan fingerprint density at radius 1 is 0.969 bits per heavy atom. The monoisotopic (exact) mass is 435 g/mol. The van der Waals surface area contributed by atoms with Gasteiger partial charge in [0.15, 0.2) is 11.6 Å². The largest absolute Gasteiger partial charge is 0.507 e. The van der Waals surface area contributed by atoms with E-state index in [0.29, 0.717) is 23.5 Å². The summed E-state index contributed by atoms with van der Waals surface area (Å²) in [6.45, 7) is 2.31. The molecule has 1 aliphatic rings. The molecule has 1 N–H and O–H groups in total. The molecule has 0 radical (unpaired) electrons. The fourth-order valence-electron chi connectivity index (χ4n) is 3.72. The molecule has 32 heavy (non-hydrogen) atoms. The van der Waals surface area contributed by atoms with Crippen LogP contribution in [0.25, 0.3) is 5.76 Å². The number of carbonyl (C=O) groups is 2. The number of nitrogens with zero attached hydrogens (tertiary/aromatic N) is 1. The van der Waals surface area contributed by atoms with Gasteiger partial charge in [-0.25, -0.2) is 8.78 Å². The van der Waals surface area contributed by atoms with Crippen LogP contribution in [0.3, 0.4) is 0 Å². The Morgan fingerprint density at radius 3 is 2.28 bits per heavy atom. The molecule has 1 unspecified atom stereocenters. The zero-order chi connectivity index (χ0) is 22.8. The molecule has 0 aromatic heterocycles. The van der Waals surface area contributed by atoms with Gasteiger partial charge in [0, 0.05) is 17.3 Å². The minimum absolute atomic E-state index is 0.00518. The number of hydrogen-bond donors (Lipinski definition) is 1. The van der Waals surface area contributed by atoms with Crippen LogP contribution in [0.15, 0.2) is 78.4 Å². The third-order valence-corrected chi connectivity index (χ3v) is 5.18. The van der Waals surface area contributed by atoms with Crippen molar-refractivity contribution in [1.82, 2.24) is 0 Å². The van der Waals surface area contributed by atoms with Crippen molar-refractivity contribution >= 4 is 23.1 Å². The third-order valence-electron chi connectivity index (χ3n) is 5.18. The molecule has 3 aromatic rings. The van der Waals surface area contributed by atoms with Gasteiger partial charge in [-0.15, -0.1) is 0 Å². The summed E-state index contributed by atoms with van der Waals surface area (Å²) in [6.07, 6.45) is 0. The number of aliphatic hydroxyl groups is 1. The third kappa shape index (κ3) is 3.73. The average molecular weight is 435 g/mol. The van der Waals surface area contributed by atoms with Crippen LogP contribution < -0.4 is 9.64 Å². The van der Waals surface area contributed by atoms with E-state index in [0.717, 1.165) is 17.0 Å². The van der Waals surface area contributed by atoms with Crippen molar-refractivity contribution in [3.63, 3.8) is 0 Å². The molecule has 0 aliphatic carbocycles. The molecule has 0 bridgehead atoms. The number of Topliss-reactive ketones (excluding diaryl/α,β-unsaturated/α-hetero) is 1. The lowest BCUT2D eigenvalue weighted by molar-refractivity contribution is -0.132. The number of halogens is 2. The zero-order valence-electron chi connectivity index (χ0n) is 17.1. The van der Waals surface area contributed by atoms with Crippen molar-refractivity contribution in [1.29, 1.82) is 0 Å². The molecular weight excluding hydrogens is 416 g/mol. The SMILES string of the molecule is CCOc1ccc(/C(O)=C2\C(=O)C(=O)N(c3ccc(F)c(F)c3)C2c2ccccc2)cc1. The van der Waals surface area contributed by atoms with Gasteiger partial charge >= 0.3 is 0 Å². The summed E-state index contributed by atoms with van der Waals surface area (Å²) in [4.78, 5) is 27.0. The van der Waals surface area contributed by atoms with Crippen LogP contribution in [0.5, 0.6) is 5.75 Å². The molecule has 7 heteroatoms. The first-order chi connectivity index (χ1) is 15.4. The van der Waals surface area contributed by atoms with E-state index in [4.69, 9.17) is 4.74 Å². The van der Waals surface area contributed by atoms with Gasteiger partial charge in [-0.3, -0.25) is 14.5 Å². The first-order valence-corrected chi connectivity index (χ1v) is 9.96. The van der Waals surface area contributed by atoms with Gasteiger partial charge < -0.3 is 9.84 Å². The number of amides is 1. The summed E-state index contributed by atoms with van der Waals surface area (Å²) in [7, 11) is 0. The van der Waals surface area contributed by atoms with E-state index in [2.05, 4.69) is 0 Å². The van der Waals surface area contributed by atoms with Crippen LogP contribution in [0, 0.1) is 11.6 Å². The highest BCUT2D eigenvalue weighted by molar-refractivity contribution is 6.51. The highest BCUT2D eigenvalue weighted by Crippen LogP contribution is 2.42. The van der Waals surface area contributed by atoms with Crippen molar-refractivity contribution in [3.05, 3.63) is 101 Å². The minimum Gasteiger partial charge on any atom is -0.507 e. The van der Waals surface area contributed by atoms with Crippen LogP contribution in [-0.4, -0.2) is 23.4 Å². The number of ketones is 1. The van der Waals surface area contributed by atoms with Crippen LogP contribution in [-0.2, 0) is 9.59 Å². The van der Waals surface area contributed by atoms with Crippen LogP contribution in [0.4, 0.5) is 14.5 Å². The lowest BCUT2D eigenvalue weighted by atomic mass is 9.95. The molecule has 0 saturated carbocycles. The van der Waals surface area contributed by atoms with E-state index in [9.17, 15) is 23.5 Å². The molecular formula is C25H19F2NO4. The van der Waals surface area contributed by atoms with Crippen molar-refractivity contribution < 1.29 is 28.2 Å². The predicted octanol–water partition coefficient (Wildman–Crippen LogP) is 4.99. The number of benzene rings is 3. The summed E-state index contributed by atoms with van der Waals surface area (Å²) in [5, 5.41) is 11.0. The Kier molecular flexibility index (Phi) is 5.73. The Balaban J connectivity index is 1.88. The van der Waals surface area contributed by atoms with Crippen molar-refractivity contribution in [3.8, 4) is 5.75 Å². The maximum Gasteiger partial charge on any atom is 0.300 e. The van der Waals surface area contributed by atoms with E-state index in [1.54, 1.807) is 54.6 Å². The van der Waals surface area contributed by atoms with Gasteiger partial charge in [-0.05, 0) is 48.9 Å². The molecule has 0 spiro atoms. The van der Waals surface area contributed by atoms with Gasteiger partial charge in [0.25, 0.3) is 11.7 Å². The van der Waals surface area contributed by atoms with E-state index in [1.807, 2.05) is 6.92 Å². The Labute approximate surface area is 183 Å². The van der Waals surface area contributed by atoms with E-state index >= 15 is 0 Å². The molecule has 1 amide bonds. The normalized spacial score (nSPS) is 17.6. The summed E-state index contributed by atoms with van der Waals surface area (Å²) in [5.41, 5.74) is 0.710. The van der Waals surface area contributed by atoms with Crippen molar-refractivity contribution in [2.24, 2.45) is 0 Å².